The lowest BCUT2D eigenvalue weighted by Crippen LogP contribution is -2.59. The fourth-order valence-electron chi connectivity index (χ4n) is 2.79. The summed E-state index contributed by atoms with van der Waals surface area (Å²) in [4.78, 5) is 57.0. The number of aromatic nitrogens is 2. The molecule has 0 radical (unpaired) electrons. The van der Waals surface area contributed by atoms with Crippen molar-refractivity contribution in [2.24, 2.45) is 5.92 Å². The Morgan fingerprint density at radius 3 is 2.12 bits per heavy atom. The predicted molar refractivity (Wildman–Crippen MR) is 101 cm³/mol. The molecule has 2 heterocycles. The molecule has 32 heavy (non-hydrogen) atoms. The lowest BCUT2D eigenvalue weighted by molar-refractivity contribution is -0.151. The minimum absolute atomic E-state index is 0.0569. The van der Waals surface area contributed by atoms with Crippen LogP contribution in [0.5, 0.6) is 11.8 Å². The molecule has 1 aliphatic heterocycles. The molecular formula is C19H16F3N5O5. The van der Waals surface area contributed by atoms with Crippen LogP contribution < -0.4 is 10.1 Å². The topological polar surface area (TPSA) is 122 Å². The van der Waals surface area contributed by atoms with E-state index in [1.54, 1.807) is 0 Å². The van der Waals surface area contributed by atoms with Crippen molar-refractivity contribution in [3.8, 4) is 11.8 Å². The van der Waals surface area contributed by atoms with Gasteiger partial charge in [-0.2, -0.15) is 18.2 Å². The number of amides is 5. The first kappa shape index (κ1) is 22.7. The van der Waals surface area contributed by atoms with Gasteiger partial charge in [-0.3, -0.25) is 24.2 Å². The van der Waals surface area contributed by atoms with Gasteiger partial charge in [0.2, 0.25) is 5.91 Å². The van der Waals surface area contributed by atoms with Crippen molar-refractivity contribution in [2.75, 3.05) is 19.4 Å². The molecule has 168 valence electrons. The smallest absolute Gasteiger partial charge is 0.424 e. The number of anilines is 1. The van der Waals surface area contributed by atoms with Crippen molar-refractivity contribution in [3.63, 3.8) is 0 Å². The van der Waals surface area contributed by atoms with E-state index < -0.39 is 47.6 Å². The van der Waals surface area contributed by atoms with Gasteiger partial charge >= 0.3 is 18.2 Å². The van der Waals surface area contributed by atoms with Crippen LogP contribution in [0.4, 0.5) is 23.7 Å². The molecule has 1 N–H and O–H groups in total. The van der Waals surface area contributed by atoms with Gasteiger partial charge in [-0.1, -0.05) is 0 Å². The number of hydrogen-bond acceptors (Lipinski definition) is 7. The highest BCUT2D eigenvalue weighted by atomic mass is 19.4. The number of carbonyl (C=O) groups is 4. The first-order valence-corrected chi connectivity index (χ1v) is 8.99. The molecule has 5 amide bonds. The second kappa shape index (κ2) is 8.24. The van der Waals surface area contributed by atoms with Crippen LogP contribution >= 0.6 is 0 Å². The van der Waals surface area contributed by atoms with Crippen molar-refractivity contribution in [2.45, 2.75) is 13.1 Å². The van der Waals surface area contributed by atoms with Crippen LogP contribution in [-0.4, -0.2) is 57.6 Å². The van der Waals surface area contributed by atoms with Gasteiger partial charge in [0.1, 0.15) is 5.75 Å². The molecule has 3 rings (SSSR count). The Hall–Kier alpha value is -4.03. The SMILES string of the molecule is Cc1cc(C(F)(F)F)nc(Oc2ccc(NC(=O)C3C(=O)N(C)C(=O)N(C)C3=O)cc2)n1. The van der Waals surface area contributed by atoms with Crippen LogP contribution in [0.15, 0.2) is 30.3 Å². The van der Waals surface area contributed by atoms with Gasteiger partial charge in [0.15, 0.2) is 11.6 Å². The first-order valence-electron chi connectivity index (χ1n) is 8.99. The van der Waals surface area contributed by atoms with Gasteiger partial charge in [0, 0.05) is 25.5 Å². The van der Waals surface area contributed by atoms with Crippen LogP contribution in [0.25, 0.3) is 0 Å². The molecule has 0 bridgehead atoms. The van der Waals surface area contributed by atoms with Crippen molar-refractivity contribution in [1.82, 2.24) is 19.8 Å². The van der Waals surface area contributed by atoms with Crippen molar-refractivity contribution < 1.29 is 37.1 Å². The molecule has 1 aliphatic rings. The van der Waals surface area contributed by atoms with E-state index >= 15 is 0 Å². The van der Waals surface area contributed by atoms with Crippen LogP contribution in [0.1, 0.15) is 11.4 Å². The molecule has 1 aromatic carbocycles. The number of aryl methyl sites for hydroxylation is 1. The van der Waals surface area contributed by atoms with E-state index in [9.17, 15) is 32.3 Å². The third kappa shape index (κ3) is 4.50. The second-order valence-corrected chi connectivity index (χ2v) is 6.80. The number of rotatable bonds is 4. The van der Waals surface area contributed by atoms with E-state index in [4.69, 9.17) is 4.74 Å². The lowest BCUT2D eigenvalue weighted by Gasteiger charge is -2.32. The predicted octanol–water partition coefficient (Wildman–Crippen LogP) is 2.20. The van der Waals surface area contributed by atoms with Gasteiger partial charge in [0.25, 0.3) is 11.8 Å². The summed E-state index contributed by atoms with van der Waals surface area (Å²) >= 11 is 0. The van der Waals surface area contributed by atoms with Gasteiger partial charge in [0.05, 0.1) is 0 Å². The zero-order valence-electron chi connectivity index (χ0n) is 16.9. The summed E-state index contributed by atoms with van der Waals surface area (Å²) in [5, 5.41) is 2.38. The lowest BCUT2D eigenvalue weighted by atomic mass is 10.0. The number of halogens is 3. The molecule has 2 aromatic rings. The van der Waals surface area contributed by atoms with Gasteiger partial charge in [-0.05, 0) is 37.3 Å². The normalized spacial score (nSPS) is 15.2. The molecule has 0 aliphatic carbocycles. The summed E-state index contributed by atoms with van der Waals surface area (Å²) in [5.41, 5.74) is -0.924. The fraction of sp³-hybridized carbons (Fsp3) is 0.263. The van der Waals surface area contributed by atoms with E-state index in [0.717, 1.165) is 20.2 Å². The number of benzene rings is 1. The summed E-state index contributed by atoms with van der Waals surface area (Å²) in [6, 6.07) is 4.73. The van der Waals surface area contributed by atoms with E-state index in [1.807, 2.05) is 0 Å². The number of barbiturate groups is 1. The van der Waals surface area contributed by atoms with E-state index in [-0.39, 0.29) is 17.1 Å². The average molecular weight is 451 g/mol. The second-order valence-electron chi connectivity index (χ2n) is 6.80. The monoisotopic (exact) mass is 451 g/mol. The third-order valence-corrected chi connectivity index (χ3v) is 4.45. The molecule has 1 aromatic heterocycles. The summed E-state index contributed by atoms with van der Waals surface area (Å²) < 4.78 is 43.9. The van der Waals surface area contributed by atoms with E-state index in [2.05, 4.69) is 15.3 Å². The van der Waals surface area contributed by atoms with Gasteiger partial charge in [-0.25, -0.2) is 9.78 Å². The summed E-state index contributed by atoms with van der Waals surface area (Å²) in [5.74, 6) is -4.53. The Morgan fingerprint density at radius 1 is 1.03 bits per heavy atom. The highest BCUT2D eigenvalue weighted by Gasteiger charge is 2.46. The average Bonchev–Trinajstić information content (AvgIpc) is 2.71. The number of alkyl halides is 3. The molecule has 0 atom stereocenters. The summed E-state index contributed by atoms with van der Waals surface area (Å²) in [6.45, 7) is 1.36. The first-order chi connectivity index (χ1) is 14.9. The quantitative estimate of drug-likeness (QED) is 0.708. The zero-order valence-corrected chi connectivity index (χ0v) is 16.9. The molecule has 0 saturated carbocycles. The molecular weight excluding hydrogens is 435 g/mol. The van der Waals surface area contributed by atoms with Crippen LogP contribution in [-0.2, 0) is 20.6 Å². The van der Waals surface area contributed by atoms with Crippen molar-refractivity contribution in [3.05, 3.63) is 41.7 Å². The van der Waals surface area contributed by atoms with Crippen LogP contribution in [0.2, 0.25) is 0 Å². The molecule has 13 heteroatoms. The molecule has 10 nitrogen and oxygen atoms in total. The van der Waals surface area contributed by atoms with Crippen molar-refractivity contribution in [1.29, 1.82) is 0 Å². The Balaban J connectivity index is 1.72. The largest absolute Gasteiger partial charge is 0.433 e. The summed E-state index contributed by atoms with van der Waals surface area (Å²) in [7, 11) is 2.30. The van der Waals surface area contributed by atoms with Crippen LogP contribution in [0, 0.1) is 12.8 Å². The highest BCUT2D eigenvalue weighted by molar-refractivity contribution is 6.27. The van der Waals surface area contributed by atoms with Crippen LogP contribution in [0.3, 0.4) is 0 Å². The number of ether oxygens (including phenoxy) is 1. The summed E-state index contributed by atoms with van der Waals surface area (Å²) in [6.07, 6.45) is -4.67. The maximum Gasteiger partial charge on any atom is 0.433 e. The Labute approximate surface area is 179 Å². The maximum atomic E-state index is 12.9. The number of nitrogens with one attached hydrogen (secondary N) is 1. The van der Waals surface area contributed by atoms with Crippen molar-refractivity contribution >= 4 is 29.4 Å². The van der Waals surface area contributed by atoms with Gasteiger partial charge < -0.3 is 10.1 Å². The molecule has 0 unspecified atom stereocenters. The maximum absolute atomic E-state index is 12.9. The van der Waals surface area contributed by atoms with E-state index in [0.29, 0.717) is 9.80 Å². The minimum Gasteiger partial charge on any atom is -0.424 e. The number of carbonyl (C=O) groups excluding carboxylic acids is 4. The zero-order chi connectivity index (χ0) is 23.8. The molecule has 1 fully saturated rings. The Kier molecular flexibility index (Phi) is 5.84. The Bertz CT molecular complexity index is 1080. The standard InChI is InChI=1S/C19H16F3N5O5/c1-9-8-12(19(20,21)22)25-17(23-9)32-11-6-4-10(5-7-11)24-14(28)13-15(29)26(2)18(31)27(3)16(13)30/h4-8,13H,1-3H3,(H,24,28). The fourth-order valence-corrected chi connectivity index (χ4v) is 2.79. The number of hydrogen-bond donors (Lipinski definition) is 1. The number of urea groups is 1. The highest BCUT2D eigenvalue weighted by Crippen LogP contribution is 2.30. The molecule has 1 saturated heterocycles. The molecule has 0 spiro atoms. The number of imide groups is 2. The number of nitrogens with zero attached hydrogens (tertiary/aromatic N) is 4. The van der Waals surface area contributed by atoms with E-state index in [1.165, 1.54) is 31.2 Å². The van der Waals surface area contributed by atoms with Gasteiger partial charge in [-0.15, -0.1) is 0 Å². The minimum atomic E-state index is -4.67. The third-order valence-electron chi connectivity index (χ3n) is 4.45. The Morgan fingerprint density at radius 2 is 1.59 bits per heavy atom.